The number of hydrogen-bond acceptors (Lipinski definition) is 4. The van der Waals surface area contributed by atoms with E-state index in [4.69, 9.17) is 10.5 Å². The lowest BCUT2D eigenvalue weighted by molar-refractivity contribution is -0.145. The molecule has 0 aromatic heterocycles. The van der Waals surface area contributed by atoms with Gasteiger partial charge in [-0.2, -0.15) is 0 Å². The van der Waals surface area contributed by atoms with E-state index in [1.54, 1.807) is 4.90 Å². The fraction of sp³-hybridized carbons (Fsp3) is 0.556. The molecule has 0 spiro atoms. The Balaban J connectivity index is 1.52. The number of rotatable bonds is 3. The maximum Gasteiger partial charge on any atom is 0.242 e. The zero-order chi connectivity index (χ0) is 17.0. The molecular weight excluding hydrogens is 306 g/mol. The minimum absolute atomic E-state index is 0.000887. The molecule has 0 radical (unpaired) electrons. The number of piperazine rings is 1. The maximum atomic E-state index is 12.7. The van der Waals surface area contributed by atoms with Crippen LogP contribution in [0.4, 0.5) is 0 Å². The molecule has 2 N–H and O–H groups in total. The van der Waals surface area contributed by atoms with Gasteiger partial charge in [0.2, 0.25) is 11.8 Å². The molecule has 2 saturated heterocycles. The van der Waals surface area contributed by atoms with Crippen molar-refractivity contribution in [2.45, 2.75) is 24.8 Å². The molecule has 1 aromatic rings. The molecule has 0 atom stereocenters. The van der Waals surface area contributed by atoms with Gasteiger partial charge in [-0.05, 0) is 18.4 Å². The average Bonchev–Trinajstić information content (AvgIpc) is 2.63. The summed E-state index contributed by atoms with van der Waals surface area (Å²) in [7, 11) is 0. The predicted molar refractivity (Wildman–Crippen MR) is 90.3 cm³/mol. The Hall–Kier alpha value is -1.92. The van der Waals surface area contributed by atoms with E-state index in [-0.39, 0.29) is 11.8 Å². The number of nitrogens with zero attached hydrogens (tertiary/aromatic N) is 2. The second-order valence-electron chi connectivity index (χ2n) is 6.60. The highest BCUT2D eigenvalue weighted by Crippen LogP contribution is 2.21. The number of benzene rings is 1. The molecule has 3 rings (SSSR count). The molecule has 6 nitrogen and oxygen atoms in total. The van der Waals surface area contributed by atoms with Gasteiger partial charge in [0.25, 0.3) is 0 Å². The molecule has 2 fully saturated rings. The molecule has 24 heavy (non-hydrogen) atoms. The largest absolute Gasteiger partial charge is 0.381 e. The van der Waals surface area contributed by atoms with Crippen LogP contribution in [0, 0.1) is 0 Å². The lowest BCUT2D eigenvalue weighted by Gasteiger charge is -2.41. The van der Waals surface area contributed by atoms with E-state index >= 15 is 0 Å². The van der Waals surface area contributed by atoms with Crippen LogP contribution in [0.15, 0.2) is 30.3 Å². The lowest BCUT2D eigenvalue weighted by atomic mass is 9.89. The van der Waals surface area contributed by atoms with Crippen molar-refractivity contribution >= 4 is 11.8 Å². The van der Waals surface area contributed by atoms with Gasteiger partial charge in [0.05, 0.1) is 12.0 Å². The smallest absolute Gasteiger partial charge is 0.242 e. The zero-order valence-electron chi connectivity index (χ0n) is 13.9. The van der Waals surface area contributed by atoms with Crippen LogP contribution in [-0.4, -0.2) is 66.5 Å². The number of carbonyl (C=O) groups is 2. The molecule has 0 bridgehead atoms. The highest BCUT2D eigenvalue weighted by atomic mass is 16.5. The third kappa shape index (κ3) is 3.76. The second-order valence-corrected chi connectivity index (χ2v) is 6.60. The third-order valence-corrected chi connectivity index (χ3v) is 4.93. The Bertz CT molecular complexity index is 576. The van der Waals surface area contributed by atoms with E-state index < -0.39 is 5.54 Å². The standard InChI is InChI=1S/C18H25N3O3/c19-18(6-12-24-13-7-18)17(23)21-10-8-20(9-11-21)16(22)14-15-4-2-1-3-5-15/h1-5H,6-14,19H2. The second kappa shape index (κ2) is 7.32. The van der Waals surface area contributed by atoms with Crippen LogP contribution in [0.5, 0.6) is 0 Å². The summed E-state index contributed by atoms with van der Waals surface area (Å²) in [6.07, 6.45) is 1.55. The first-order chi connectivity index (χ1) is 11.6. The normalized spacial score (nSPS) is 20.7. The molecule has 6 heteroatoms. The summed E-state index contributed by atoms with van der Waals surface area (Å²) in [5, 5.41) is 0. The number of ether oxygens (including phenoxy) is 1. The molecule has 1 aromatic carbocycles. The minimum Gasteiger partial charge on any atom is -0.381 e. The van der Waals surface area contributed by atoms with Crippen molar-refractivity contribution in [3.63, 3.8) is 0 Å². The number of amides is 2. The maximum absolute atomic E-state index is 12.7. The lowest BCUT2D eigenvalue weighted by Crippen LogP contribution is -2.61. The molecule has 2 amide bonds. The van der Waals surface area contributed by atoms with Crippen LogP contribution in [0.3, 0.4) is 0 Å². The van der Waals surface area contributed by atoms with Crippen molar-refractivity contribution in [2.24, 2.45) is 5.73 Å². The number of carbonyl (C=O) groups excluding carboxylic acids is 2. The van der Waals surface area contributed by atoms with E-state index in [1.807, 2.05) is 35.2 Å². The van der Waals surface area contributed by atoms with Crippen LogP contribution in [0.1, 0.15) is 18.4 Å². The fourth-order valence-electron chi connectivity index (χ4n) is 3.31. The monoisotopic (exact) mass is 331 g/mol. The first-order valence-corrected chi connectivity index (χ1v) is 8.56. The van der Waals surface area contributed by atoms with Gasteiger partial charge in [-0.1, -0.05) is 30.3 Å². The van der Waals surface area contributed by atoms with Crippen LogP contribution < -0.4 is 5.73 Å². The summed E-state index contributed by atoms with van der Waals surface area (Å²) >= 11 is 0. The quantitative estimate of drug-likeness (QED) is 0.870. The van der Waals surface area contributed by atoms with Crippen molar-refractivity contribution in [3.8, 4) is 0 Å². The van der Waals surface area contributed by atoms with Gasteiger partial charge in [-0.25, -0.2) is 0 Å². The Kier molecular flexibility index (Phi) is 5.16. The summed E-state index contributed by atoms with van der Waals surface area (Å²) in [5.74, 6) is 0.114. The molecule has 2 aliphatic rings. The summed E-state index contributed by atoms with van der Waals surface area (Å²) < 4.78 is 5.30. The Morgan fingerprint density at radius 2 is 1.58 bits per heavy atom. The Labute approximate surface area is 142 Å². The SMILES string of the molecule is NC1(C(=O)N2CCN(C(=O)Cc3ccccc3)CC2)CCOCC1. The van der Waals surface area contributed by atoms with Crippen molar-refractivity contribution < 1.29 is 14.3 Å². The summed E-state index contributed by atoms with van der Waals surface area (Å²) in [6, 6.07) is 9.74. The van der Waals surface area contributed by atoms with Gasteiger partial charge < -0.3 is 20.3 Å². The summed E-state index contributed by atoms with van der Waals surface area (Å²) in [4.78, 5) is 28.7. The Morgan fingerprint density at radius 3 is 2.21 bits per heavy atom. The van der Waals surface area contributed by atoms with Crippen LogP contribution in [0.2, 0.25) is 0 Å². The highest BCUT2D eigenvalue weighted by molar-refractivity contribution is 5.86. The van der Waals surface area contributed by atoms with E-state index in [0.717, 1.165) is 5.56 Å². The van der Waals surface area contributed by atoms with E-state index in [0.29, 0.717) is 58.7 Å². The molecule has 0 saturated carbocycles. The van der Waals surface area contributed by atoms with Gasteiger partial charge in [0.15, 0.2) is 0 Å². The molecule has 2 aliphatic heterocycles. The number of hydrogen-bond donors (Lipinski definition) is 1. The van der Waals surface area contributed by atoms with Crippen LogP contribution in [-0.2, 0) is 20.7 Å². The van der Waals surface area contributed by atoms with Crippen molar-refractivity contribution in [3.05, 3.63) is 35.9 Å². The Morgan fingerprint density at radius 1 is 1.00 bits per heavy atom. The molecule has 0 unspecified atom stereocenters. The number of nitrogens with two attached hydrogens (primary N) is 1. The predicted octanol–water partition coefficient (Wildman–Crippen LogP) is 0.408. The molecule has 2 heterocycles. The minimum atomic E-state index is -0.797. The van der Waals surface area contributed by atoms with Gasteiger partial charge >= 0.3 is 0 Å². The first kappa shape index (κ1) is 16.9. The van der Waals surface area contributed by atoms with E-state index in [9.17, 15) is 9.59 Å². The molecular formula is C18H25N3O3. The van der Waals surface area contributed by atoms with Crippen LogP contribution >= 0.6 is 0 Å². The van der Waals surface area contributed by atoms with Crippen molar-refractivity contribution in [1.29, 1.82) is 0 Å². The van der Waals surface area contributed by atoms with Gasteiger partial charge in [0.1, 0.15) is 0 Å². The molecule has 0 aliphatic carbocycles. The average molecular weight is 331 g/mol. The summed E-state index contributed by atoms with van der Waals surface area (Å²) in [6.45, 7) is 3.34. The van der Waals surface area contributed by atoms with Gasteiger partial charge in [-0.15, -0.1) is 0 Å². The topological polar surface area (TPSA) is 75.9 Å². The summed E-state index contributed by atoms with van der Waals surface area (Å²) in [5.41, 5.74) is 6.50. The fourth-order valence-corrected chi connectivity index (χ4v) is 3.31. The van der Waals surface area contributed by atoms with Gasteiger partial charge in [0, 0.05) is 39.4 Å². The van der Waals surface area contributed by atoms with Gasteiger partial charge in [-0.3, -0.25) is 9.59 Å². The van der Waals surface area contributed by atoms with Crippen molar-refractivity contribution in [2.75, 3.05) is 39.4 Å². The first-order valence-electron chi connectivity index (χ1n) is 8.56. The zero-order valence-corrected chi connectivity index (χ0v) is 13.9. The van der Waals surface area contributed by atoms with Crippen molar-refractivity contribution in [1.82, 2.24) is 9.80 Å². The van der Waals surface area contributed by atoms with E-state index in [2.05, 4.69) is 0 Å². The van der Waals surface area contributed by atoms with Crippen LogP contribution in [0.25, 0.3) is 0 Å². The molecule has 130 valence electrons. The van der Waals surface area contributed by atoms with E-state index in [1.165, 1.54) is 0 Å². The third-order valence-electron chi connectivity index (χ3n) is 4.93. The highest BCUT2D eigenvalue weighted by Gasteiger charge is 2.40.